The molecule has 2 aromatic heterocycles. The van der Waals surface area contributed by atoms with Crippen LogP contribution >= 0.6 is 0 Å². The zero-order valence-electron chi connectivity index (χ0n) is 15.4. The zero-order valence-corrected chi connectivity index (χ0v) is 15.4. The molecule has 3 aliphatic rings. The molecule has 1 aromatic carbocycles. The highest BCUT2D eigenvalue weighted by Crippen LogP contribution is 2.51. The van der Waals surface area contributed by atoms with Gasteiger partial charge in [0, 0.05) is 43.4 Å². The van der Waals surface area contributed by atoms with E-state index in [1.807, 2.05) is 33.6 Å². The van der Waals surface area contributed by atoms with Gasteiger partial charge in [-0.1, -0.05) is 12.1 Å². The van der Waals surface area contributed by atoms with Gasteiger partial charge < -0.3 is 14.4 Å². The van der Waals surface area contributed by atoms with Gasteiger partial charge in [-0.15, -0.1) is 0 Å². The molecule has 1 saturated heterocycles. The number of carboxylic acid groups (broad SMARTS) is 1. The van der Waals surface area contributed by atoms with E-state index < -0.39 is 11.4 Å². The number of aromatic carboxylic acids is 1. The second-order valence-electron chi connectivity index (χ2n) is 7.62. The van der Waals surface area contributed by atoms with Crippen molar-refractivity contribution in [2.45, 2.75) is 25.0 Å². The molecule has 0 spiro atoms. The molecule has 0 bridgehead atoms. The van der Waals surface area contributed by atoms with Crippen LogP contribution in [0.4, 0.5) is 0 Å². The summed E-state index contributed by atoms with van der Waals surface area (Å²) in [6.45, 7) is 0.605. The molecule has 6 rings (SSSR count). The fourth-order valence-corrected chi connectivity index (χ4v) is 4.99. The number of hydrogen-bond acceptors (Lipinski definition) is 4. The largest absolute Gasteiger partial charge is 0.477 e. The summed E-state index contributed by atoms with van der Waals surface area (Å²) in [6, 6.07) is 9.51. The zero-order chi connectivity index (χ0) is 19.7. The van der Waals surface area contributed by atoms with Gasteiger partial charge >= 0.3 is 5.97 Å². The highest BCUT2D eigenvalue weighted by molar-refractivity contribution is 6.00. The van der Waals surface area contributed by atoms with E-state index in [4.69, 9.17) is 4.74 Å². The van der Waals surface area contributed by atoms with Gasteiger partial charge in [0.15, 0.2) is 5.43 Å². The Morgan fingerprint density at radius 1 is 1.28 bits per heavy atom. The Balaban J connectivity index is 1.60. The van der Waals surface area contributed by atoms with Crippen molar-refractivity contribution in [3.8, 4) is 5.69 Å². The number of carboxylic acids is 1. The standard InChI is InChI=1S/C22H17N3O4/c26-19-10-18-14-9-13-12(3-1-4-16(13)25-7-2-6-23-25)20(14)21-17(5-8-29-21)24(18)11-15(19)22(27)28/h1-4,6-7,10-11,17,21H,5,8-9H2,(H,27,28)/t17-,21+/m1/s1. The van der Waals surface area contributed by atoms with Gasteiger partial charge in [-0.25, -0.2) is 9.48 Å². The smallest absolute Gasteiger partial charge is 0.341 e. The van der Waals surface area contributed by atoms with Crippen LogP contribution in [0.15, 0.2) is 53.7 Å². The lowest BCUT2D eigenvalue weighted by Gasteiger charge is -2.32. The van der Waals surface area contributed by atoms with Crippen LogP contribution in [0.3, 0.4) is 0 Å². The minimum Gasteiger partial charge on any atom is -0.477 e. The van der Waals surface area contributed by atoms with Crippen LogP contribution in [0.25, 0.3) is 16.8 Å². The Morgan fingerprint density at radius 3 is 2.97 bits per heavy atom. The lowest BCUT2D eigenvalue weighted by Crippen LogP contribution is -2.31. The van der Waals surface area contributed by atoms with Crippen LogP contribution < -0.4 is 5.43 Å². The minimum absolute atomic E-state index is 0.0123. The van der Waals surface area contributed by atoms with Crippen molar-refractivity contribution in [3.05, 3.63) is 81.5 Å². The summed E-state index contributed by atoms with van der Waals surface area (Å²) < 4.78 is 9.92. The number of ether oxygens (including phenoxy) is 1. The maximum atomic E-state index is 12.5. The Morgan fingerprint density at radius 2 is 2.17 bits per heavy atom. The average molecular weight is 387 g/mol. The van der Waals surface area contributed by atoms with Crippen molar-refractivity contribution in [1.82, 2.24) is 14.3 Å². The lowest BCUT2D eigenvalue weighted by molar-refractivity contribution is 0.0693. The summed E-state index contributed by atoms with van der Waals surface area (Å²) in [5.74, 6) is -1.20. The molecule has 7 nitrogen and oxygen atoms in total. The number of fused-ring (bicyclic) bond motifs is 7. The third-order valence-corrected chi connectivity index (χ3v) is 6.19. The third-order valence-electron chi connectivity index (χ3n) is 6.19. The molecule has 3 aromatic rings. The number of nitrogens with zero attached hydrogens (tertiary/aromatic N) is 3. The molecule has 1 aliphatic carbocycles. The Hall–Kier alpha value is -3.45. The molecule has 144 valence electrons. The molecule has 2 aliphatic heterocycles. The fourth-order valence-electron chi connectivity index (χ4n) is 4.99. The normalized spacial score (nSPS) is 21.5. The highest BCUT2D eigenvalue weighted by Gasteiger charge is 2.43. The number of pyridine rings is 1. The lowest BCUT2D eigenvalue weighted by atomic mass is 9.89. The first-order valence-electron chi connectivity index (χ1n) is 9.60. The molecule has 4 heterocycles. The van der Waals surface area contributed by atoms with Crippen molar-refractivity contribution >= 4 is 17.1 Å². The second-order valence-corrected chi connectivity index (χ2v) is 7.62. The summed E-state index contributed by atoms with van der Waals surface area (Å²) >= 11 is 0. The molecule has 0 amide bonds. The molecule has 7 heteroatoms. The summed E-state index contributed by atoms with van der Waals surface area (Å²) in [5.41, 5.74) is 5.59. The van der Waals surface area contributed by atoms with Gasteiger partial charge in [-0.3, -0.25) is 4.79 Å². The predicted octanol–water partition coefficient (Wildman–Crippen LogP) is 2.54. The van der Waals surface area contributed by atoms with E-state index in [1.54, 1.807) is 6.20 Å². The quantitative estimate of drug-likeness (QED) is 0.730. The van der Waals surface area contributed by atoms with E-state index in [9.17, 15) is 14.7 Å². The Kier molecular flexibility index (Phi) is 3.29. The van der Waals surface area contributed by atoms with E-state index in [2.05, 4.69) is 11.2 Å². The maximum absolute atomic E-state index is 12.5. The first-order valence-corrected chi connectivity index (χ1v) is 9.60. The van der Waals surface area contributed by atoms with Gasteiger partial charge in [0.1, 0.15) is 11.7 Å². The predicted molar refractivity (Wildman–Crippen MR) is 105 cm³/mol. The van der Waals surface area contributed by atoms with Crippen LogP contribution in [0, 0.1) is 0 Å². The van der Waals surface area contributed by atoms with Gasteiger partial charge in [-0.2, -0.15) is 5.10 Å². The molecule has 2 atom stereocenters. The summed E-state index contributed by atoms with van der Waals surface area (Å²) in [6.07, 6.45) is 6.45. The highest BCUT2D eigenvalue weighted by atomic mass is 16.5. The van der Waals surface area contributed by atoms with Crippen molar-refractivity contribution < 1.29 is 14.6 Å². The van der Waals surface area contributed by atoms with E-state index in [1.165, 1.54) is 12.3 Å². The number of hydrogen-bond donors (Lipinski definition) is 1. The van der Waals surface area contributed by atoms with Gasteiger partial charge in [-0.05, 0) is 40.8 Å². The maximum Gasteiger partial charge on any atom is 0.341 e. The first-order chi connectivity index (χ1) is 14.1. The molecular formula is C22H17N3O4. The van der Waals surface area contributed by atoms with Gasteiger partial charge in [0.05, 0.1) is 11.7 Å². The van der Waals surface area contributed by atoms with Crippen molar-refractivity contribution in [2.75, 3.05) is 6.61 Å². The van der Waals surface area contributed by atoms with E-state index >= 15 is 0 Å². The molecule has 29 heavy (non-hydrogen) atoms. The van der Waals surface area contributed by atoms with Crippen LogP contribution in [0.1, 0.15) is 39.6 Å². The number of allylic oxidation sites excluding steroid dienone is 1. The van der Waals surface area contributed by atoms with Gasteiger partial charge in [0.2, 0.25) is 0 Å². The van der Waals surface area contributed by atoms with E-state index in [0.29, 0.717) is 13.0 Å². The Bertz CT molecular complexity index is 1270. The molecule has 1 N–H and O–H groups in total. The molecule has 1 fully saturated rings. The molecule has 0 radical (unpaired) electrons. The van der Waals surface area contributed by atoms with Crippen LogP contribution in [0.2, 0.25) is 0 Å². The Labute approximate surface area is 165 Å². The topological polar surface area (TPSA) is 86.3 Å². The van der Waals surface area contributed by atoms with Crippen molar-refractivity contribution in [2.24, 2.45) is 0 Å². The summed E-state index contributed by atoms with van der Waals surface area (Å²) in [4.78, 5) is 24.0. The second kappa shape index (κ2) is 5.78. The molecular weight excluding hydrogens is 370 g/mol. The minimum atomic E-state index is -1.20. The van der Waals surface area contributed by atoms with Crippen LogP contribution in [-0.4, -0.2) is 38.1 Å². The fraction of sp³-hybridized carbons (Fsp3) is 0.227. The molecule has 0 unspecified atom stereocenters. The summed E-state index contributed by atoms with van der Waals surface area (Å²) in [7, 11) is 0. The number of benzene rings is 1. The summed E-state index contributed by atoms with van der Waals surface area (Å²) in [5, 5.41) is 13.8. The van der Waals surface area contributed by atoms with Gasteiger partial charge in [0.25, 0.3) is 0 Å². The van der Waals surface area contributed by atoms with Crippen molar-refractivity contribution in [3.63, 3.8) is 0 Å². The average Bonchev–Trinajstić information content (AvgIpc) is 3.45. The third kappa shape index (κ3) is 2.19. The number of aromatic nitrogens is 3. The van der Waals surface area contributed by atoms with Crippen molar-refractivity contribution in [1.29, 1.82) is 0 Å². The monoisotopic (exact) mass is 387 g/mol. The van der Waals surface area contributed by atoms with Crippen LogP contribution in [0.5, 0.6) is 0 Å². The number of carbonyl (C=O) groups is 1. The molecule has 0 saturated carbocycles. The van der Waals surface area contributed by atoms with E-state index in [0.717, 1.165) is 40.1 Å². The number of rotatable bonds is 2. The first kappa shape index (κ1) is 16.5. The van der Waals surface area contributed by atoms with E-state index in [-0.39, 0.29) is 17.7 Å². The SMILES string of the molecule is O=C(O)c1cn2c(cc1=O)C1=C(c3cccc(-n4cccn4)c3C1)[C@H]1OCC[C@H]12. The van der Waals surface area contributed by atoms with Crippen LogP contribution in [-0.2, 0) is 11.2 Å².